The first-order valence-electron chi connectivity index (χ1n) is 6.27. The van der Waals surface area contributed by atoms with Crippen LogP contribution in [0.25, 0.3) is 0 Å². The van der Waals surface area contributed by atoms with Gasteiger partial charge in [-0.15, -0.1) is 0 Å². The number of carbonyl (C=O) groups is 2. The largest absolute Gasteiger partial charge is 0.496 e. The Morgan fingerprint density at radius 3 is 2.79 bits per heavy atom. The van der Waals surface area contributed by atoms with E-state index in [9.17, 15) is 9.59 Å². The van der Waals surface area contributed by atoms with Crippen LogP contribution < -0.4 is 4.74 Å². The number of ether oxygens (including phenoxy) is 1. The van der Waals surface area contributed by atoms with E-state index in [2.05, 4.69) is 0 Å². The zero-order chi connectivity index (χ0) is 13.6. The molecule has 3 unspecified atom stereocenters. The Morgan fingerprint density at radius 1 is 1.47 bits per heavy atom. The summed E-state index contributed by atoms with van der Waals surface area (Å²) in [6, 6.07) is 7.56. The second-order valence-corrected chi connectivity index (χ2v) is 5.08. The number of methoxy groups -OCH3 is 1. The van der Waals surface area contributed by atoms with E-state index < -0.39 is 11.9 Å². The summed E-state index contributed by atoms with van der Waals surface area (Å²) in [4.78, 5) is 24.7. The summed E-state index contributed by atoms with van der Waals surface area (Å²) in [6.45, 7) is 1.03. The second kappa shape index (κ2) is 4.26. The molecule has 0 aromatic heterocycles. The molecule has 5 nitrogen and oxygen atoms in total. The normalized spacial score (nSPS) is 28.2. The number of aliphatic carboxylic acids is 1. The molecule has 5 heteroatoms. The average molecular weight is 261 g/mol. The molecule has 2 fully saturated rings. The minimum atomic E-state index is -0.847. The van der Waals surface area contributed by atoms with E-state index in [-0.39, 0.29) is 17.7 Å². The van der Waals surface area contributed by atoms with Gasteiger partial charge in [-0.3, -0.25) is 9.59 Å². The number of rotatable bonds is 4. The highest BCUT2D eigenvalue weighted by Crippen LogP contribution is 2.52. The first kappa shape index (κ1) is 12.0. The van der Waals surface area contributed by atoms with Gasteiger partial charge in [-0.25, -0.2) is 0 Å². The van der Waals surface area contributed by atoms with Crippen molar-refractivity contribution >= 4 is 11.9 Å². The maximum absolute atomic E-state index is 12.1. The standard InChI is InChI=1S/C14H15NO4/c1-19-10-5-3-2-4-8(10)6-15-7-9-11(13(15)16)12(9)14(17)18/h2-5,9,11-12H,6-7H2,1H3,(H,17,18). The summed E-state index contributed by atoms with van der Waals surface area (Å²) in [5.41, 5.74) is 0.950. The Bertz CT molecular complexity index is 542. The highest BCUT2D eigenvalue weighted by Gasteiger charge is 2.65. The van der Waals surface area contributed by atoms with Gasteiger partial charge in [0.25, 0.3) is 0 Å². The Kier molecular flexibility index (Phi) is 2.69. The third kappa shape index (κ3) is 1.85. The maximum Gasteiger partial charge on any atom is 0.307 e. The van der Waals surface area contributed by atoms with Crippen molar-refractivity contribution in [2.24, 2.45) is 17.8 Å². The number of benzene rings is 1. The molecule has 1 aromatic carbocycles. The van der Waals surface area contributed by atoms with Crippen LogP contribution >= 0.6 is 0 Å². The Hall–Kier alpha value is -2.04. The predicted octanol–water partition coefficient (Wildman–Crippen LogP) is 0.984. The van der Waals surface area contributed by atoms with Gasteiger partial charge in [0.1, 0.15) is 5.75 Å². The van der Waals surface area contributed by atoms with E-state index in [1.807, 2.05) is 24.3 Å². The van der Waals surface area contributed by atoms with Crippen LogP contribution in [0.3, 0.4) is 0 Å². The van der Waals surface area contributed by atoms with E-state index >= 15 is 0 Å². The summed E-state index contributed by atoms with van der Waals surface area (Å²) < 4.78 is 5.26. The number of carboxylic acid groups (broad SMARTS) is 1. The van der Waals surface area contributed by atoms with Crippen LogP contribution in [0.4, 0.5) is 0 Å². The molecule has 0 bridgehead atoms. The molecule has 2 aliphatic rings. The van der Waals surface area contributed by atoms with E-state index in [1.54, 1.807) is 12.0 Å². The van der Waals surface area contributed by atoms with Crippen LogP contribution in [0.2, 0.25) is 0 Å². The van der Waals surface area contributed by atoms with Gasteiger partial charge < -0.3 is 14.7 Å². The number of carboxylic acids is 1. The number of likely N-dealkylation sites (tertiary alicyclic amines) is 1. The highest BCUT2D eigenvalue weighted by atomic mass is 16.5. The molecule has 1 N–H and O–H groups in total. The lowest BCUT2D eigenvalue weighted by molar-refractivity contribution is -0.143. The minimum absolute atomic E-state index is 0.000271. The van der Waals surface area contributed by atoms with Crippen LogP contribution in [-0.4, -0.2) is 35.5 Å². The zero-order valence-electron chi connectivity index (χ0n) is 10.6. The lowest BCUT2D eigenvalue weighted by atomic mass is 10.1. The topological polar surface area (TPSA) is 66.8 Å². The van der Waals surface area contributed by atoms with Gasteiger partial charge >= 0.3 is 5.97 Å². The zero-order valence-corrected chi connectivity index (χ0v) is 10.6. The van der Waals surface area contributed by atoms with Gasteiger partial charge in [0, 0.05) is 24.6 Å². The summed E-state index contributed by atoms with van der Waals surface area (Å²) >= 11 is 0. The van der Waals surface area contributed by atoms with Crippen LogP contribution in [0.1, 0.15) is 5.56 Å². The SMILES string of the molecule is COc1ccccc1CN1CC2C(C(=O)O)C2C1=O. The Morgan fingerprint density at radius 2 is 2.21 bits per heavy atom. The molecule has 3 rings (SSSR count). The van der Waals surface area contributed by atoms with Crippen molar-refractivity contribution in [3.8, 4) is 5.75 Å². The lowest BCUT2D eigenvalue weighted by Crippen LogP contribution is -2.31. The third-order valence-corrected chi connectivity index (χ3v) is 4.04. The number of amides is 1. The van der Waals surface area contributed by atoms with Crippen molar-refractivity contribution in [2.45, 2.75) is 6.54 Å². The monoisotopic (exact) mass is 261 g/mol. The molecule has 0 spiro atoms. The number of para-hydroxylation sites is 1. The predicted molar refractivity (Wildman–Crippen MR) is 66.5 cm³/mol. The van der Waals surface area contributed by atoms with Crippen LogP contribution in [0.5, 0.6) is 5.75 Å². The molecule has 1 saturated heterocycles. The molecule has 19 heavy (non-hydrogen) atoms. The molecule has 1 heterocycles. The van der Waals surface area contributed by atoms with Crippen molar-refractivity contribution < 1.29 is 19.4 Å². The van der Waals surface area contributed by atoms with Crippen LogP contribution in [-0.2, 0) is 16.1 Å². The fourth-order valence-electron chi connectivity index (χ4n) is 3.01. The van der Waals surface area contributed by atoms with Gasteiger partial charge in [-0.05, 0) is 6.07 Å². The van der Waals surface area contributed by atoms with Gasteiger partial charge in [-0.1, -0.05) is 18.2 Å². The molecule has 3 atom stereocenters. The molecule has 1 saturated carbocycles. The lowest BCUT2D eigenvalue weighted by Gasteiger charge is -2.20. The van der Waals surface area contributed by atoms with Crippen LogP contribution in [0, 0.1) is 17.8 Å². The summed E-state index contributed by atoms with van der Waals surface area (Å²) in [5, 5.41) is 8.94. The van der Waals surface area contributed by atoms with E-state index in [4.69, 9.17) is 9.84 Å². The summed E-state index contributed by atoms with van der Waals surface area (Å²) in [5.74, 6) is -0.886. The average Bonchev–Trinajstić information content (AvgIpc) is 3.04. The summed E-state index contributed by atoms with van der Waals surface area (Å²) in [7, 11) is 1.60. The van der Waals surface area contributed by atoms with Crippen molar-refractivity contribution in [1.82, 2.24) is 4.90 Å². The van der Waals surface area contributed by atoms with E-state index in [1.165, 1.54) is 0 Å². The van der Waals surface area contributed by atoms with E-state index in [0.717, 1.165) is 11.3 Å². The fourth-order valence-corrected chi connectivity index (χ4v) is 3.01. The van der Waals surface area contributed by atoms with Gasteiger partial charge in [-0.2, -0.15) is 0 Å². The molecule has 1 amide bonds. The summed E-state index contributed by atoms with van der Waals surface area (Å²) in [6.07, 6.45) is 0. The molecule has 1 aliphatic heterocycles. The van der Waals surface area contributed by atoms with Crippen molar-refractivity contribution in [3.63, 3.8) is 0 Å². The van der Waals surface area contributed by atoms with Gasteiger partial charge in [0.05, 0.1) is 18.9 Å². The molecular formula is C14H15NO4. The van der Waals surface area contributed by atoms with Crippen molar-refractivity contribution in [3.05, 3.63) is 29.8 Å². The van der Waals surface area contributed by atoms with Crippen molar-refractivity contribution in [1.29, 1.82) is 0 Å². The first-order valence-corrected chi connectivity index (χ1v) is 6.27. The van der Waals surface area contributed by atoms with Gasteiger partial charge in [0.2, 0.25) is 5.91 Å². The molecule has 0 radical (unpaired) electrons. The quantitative estimate of drug-likeness (QED) is 0.877. The molecule has 1 aliphatic carbocycles. The fraction of sp³-hybridized carbons (Fsp3) is 0.429. The van der Waals surface area contributed by atoms with Gasteiger partial charge in [0.15, 0.2) is 0 Å². The maximum atomic E-state index is 12.1. The highest BCUT2D eigenvalue weighted by molar-refractivity contribution is 5.93. The number of fused-ring (bicyclic) bond motifs is 1. The number of nitrogens with zero attached hydrogens (tertiary/aromatic N) is 1. The molecule has 1 aromatic rings. The number of hydrogen-bond donors (Lipinski definition) is 1. The van der Waals surface area contributed by atoms with E-state index in [0.29, 0.717) is 13.1 Å². The Balaban J connectivity index is 1.71. The third-order valence-electron chi connectivity index (χ3n) is 4.04. The second-order valence-electron chi connectivity index (χ2n) is 5.08. The number of carbonyl (C=O) groups excluding carboxylic acids is 1. The number of hydrogen-bond acceptors (Lipinski definition) is 3. The number of piperidine rings is 1. The minimum Gasteiger partial charge on any atom is -0.496 e. The Labute approximate surface area is 110 Å². The first-order chi connectivity index (χ1) is 9.13. The molecular weight excluding hydrogens is 246 g/mol. The molecule has 100 valence electrons. The smallest absolute Gasteiger partial charge is 0.307 e. The van der Waals surface area contributed by atoms with Crippen molar-refractivity contribution in [2.75, 3.05) is 13.7 Å². The van der Waals surface area contributed by atoms with Crippen LogP contribution in [0.15, 0.2) is 24.3 Å².